The second kappa shape index (κ2) is 4.44. The van der Waals surface area contributed by atoms with Crippen LogP contribution in [0, 0.1) is 6.92 Å². The summed E-state index contributed by atoms with van der Waals surface area (Å²) in [5, 5.41) is 3.56. The Morgan fingerprint density at radius 1 is 1.59 bits per heavy atom. The summed E-state index contributed by atoms with van der Waals surface area (Å²) >= 11 is 1.37. The van der Waals surface area contributed by atoms with Gasteiger partial charge in [0.1, 0.15) is 6.04 Å². The number of Topliss-reactive ketones (excluding diaryl/α,β-unsaturated/α-hetero) is 1. The Bertz CT molecular complexity index is 469. The summed E-state index contributed by atoms with van der Waals surface area (Å²) in [6.07, 6.45) is 0. The predicted octanol–water partition coefficient (Wildman–Crippen LogP) is 0.979. The van der Waals surface area contributed by atoms with E-state index >= 15 is 0 Å². The lowest BCUT2D eigenvalue weighted by molar-refractivity contribution is -0.122. The van der Waals surface area contributed by atoms with Crippen LogP contribution in [0.4, 0.5) is 5.13 Å². The maximum Gasteiger partial charge on any atom is 0.242 e. The second-order valence-corrected chi connectivity index (χ2v) is 5.11. The van der Waals surface area contributed by atoms with Gasteiger partial charge in [-0.2, -0.15) is 0 Å². The Morgan fingerprint density at radius 2 is 2.29 bits per heavy atom. The molecule has 1 saturated heterocycles. The van der Waals surface area contributed by atoms with E-state index in [0.29, 0.717) is 11.4 Å². The molecular weight excluding hydrogens is 238 g/mol. The van der Waals surface area contributed by atoms with Gasteiger partial charge in [-0.3, -0.25) is 9.59 Å². The molecule has 1 aliphatic rings. The van der Waals surface area contributed by atoms with Gasteiger partial charge in [-0.1, -0.05) is 11.3 Å². The number of amides is 1. The Hall–Kier alpha value is -1.43. The molecule has 0 aliphatic carbocycles. The summed E-state index contributed by atoms with van der Waals surface area (Å²) in [7, 11) is 0. The van der Waals surface area contributed by atoms with Crippen LogP contribution in [-0.4, -0.2) is 35.8 Å². The number of nitrogens with zero attached hydrogens (tertiary/aromatic N) is 2. The second-order valence-electron chi connectivity index (χ2n) is 4.13. The van der Waals surface area contributed by atoms with Gasteiger partial charge in [0.15, 0.2) is 10.9 Å². The number of ketones is 1. The fourth-order valence-corrected chi connectivity index (χ4v) is 2.94. The summed E-state index contributed by atoms with van der Waals surface area (Å²) in [5.41, 5.74) is 0.746. The largest absolute Gasteiger partial charge is 0.353 e. The Kier molecular flexibility index (Phi) is 3.15. The number of piperazine rings is 1. The molecule has 1 aromatic rings. The van der Waals surface area contributed by atoms with Crippen molar-refractivity contribution < 1.29 is 9.59 Å². The van der Waals surface area contributed by atoms with Gasteiger partial charge >= 0.3 is 0 Å². The molecule has 0 aromatic carbocycles. The molecule has 0 saturated carbocycles. The van der Waals surface area contributed by atoms with Crippen LogP contribution in [0.1, 0.15) is 29.2 Å². The van der Waals surface area contributed by atoms with Gasteiger partial charge in [-0.25, -0.2) is 4.98 Å². The third-order valence-corrected chi connectivity index (χ3v) is 4.15. The van der Waals surface area contributed by atoms with Gasteiger partial charge in [0, 0.05) is 20.0 Å². The molecule has 1 unspecified atom stereocenters. The Balaban J connectivity index is 2.30. The first kappa shape index (κ1) is 12.0. The predicted molar refractivity (Wildman–Crippen MR) is 66.7 cm³/mol. The summed E-state index contributed by atoms with van der Waals surface area (Å²) in [4.78, 5) is 30.0. The van der Waals surface area contributed by atoms with E-state index < -0.39 is 0 Å². The minimum atomic E-state index is -0.228. The maximum absolute atomic E-state index is 11.6. The van der Waals surface area contributed by atoms with E-state index in [4.69, 9.17) is 0 Å². The number of thiazole rings is 1. The minimum Gasteiger partial charge on any atom is -0.353 e. The molecular formula is C11H15N3O2S. The third kappa shape index (κ3) is 2.17. The molecule has 1 N–H and O–H groups in total. The Morgan fingerprint density at radius 3 is 2.88 bits per heavy atom. The van der Waals surface area contributed by atoms with Gasteiger partial charge in [0.2, 0.25) is 5.91 Å². The fourth-order valence-electron chi connectivity index (χ4n) is 1.88. The van der Waals surface area contributed by atoms with Crippen LogP contribution in [0.25, 0.3) is 0 Å². The molecule has 1 fully saturated rings. The van der Waals surface area contributed by atoms with Gasteiger partial charge < -0.3 is 10.2 Å². The molecule has 2 rings (SSSR count). The number of carbonyl (C=O) groups excluding carboxylic acids is 2. The van der Waals surface area contributed by atoms with E-state index in [1.54, 1.807) is 0 Å². The normalized spacial score (nSPS) is 20.3. The van der Waals surface area contributed by atoms with Crippen molar-refractivity contribution >= 4 is 28.2 Å². The summed E-state index contributed by atoms with van der Waals surface area (Å²) < 4.78 is 0. The first-order valence-corrected chi connectivity index (χ1v) is 6.35. The van der Waals surface area contributed by atoms with Gasteiger partial charge in [0.05, 0.1) is 10.6 Å². The molecule has 1 aliphatic heterocycles. The zero-order chi connectivity index (χ0) is 12.6. The van der Waals surface area contributed by atoms with E-state index in [2.05, 4.69) is 10.3 Å². The number of carbonyl (C=O) groups is 2. The van der Waals surface area contributed by atoms with Crippen LogP contribution in [0.5, 0.6) is 0 Å². The van der Waals surface area contributed by atoms with Crippen molar-refractivity contribution in [2.45, 2.75) is 26.8 Å². The zero-order valence-electron chi connectivity index (χ0n) is 10.1. The summed E-state index contributed by atoms with van der Waals surface area (Å²) in [6.45, 7) is 6.56. The van der Waals surface area contributed by atoms with Crippen molar-refractivity contribution in [3.63, 3.8) is 0 Å². The Labute approximate surface area is 104 Å². The molecule has 1 amide bonds. The number of hydrogen-bond donors (Lipinski definition) is 1. The highest BCUT2D eigenvalue weighted by Gasteiger charge is 2.28. The number of hydrogen-bond acceptors (Lipinski definition) is 5. The summed E-state index contributed by atoms with van der Waals surface area (Å²) in [5.74, 6) is 0.0360. The summed E-state index contributed by atoms with van der Waals surface area (Å²) in [6, 6.07) is -0.228. The van der Waals surface area contributed by atoms with Crippen molar-refractivity contribution in [3.8, 4) is 0 Å². The average Bonchev–Trinajstić information content (AvgIpc) is 2.64. The van der Waals surface area contributed by atoms with Gasteiger partial charge in [0.25, 0.3) is 0 Å². The topological polar surface area (TPSA) is 62.3 Å². The fraction of sp³-hybridized carbons (Fsp3) is 0.545. The smallest absolute Gasteiger partial charge is 0.242 e. The quantitative estimate of drug-likeness (QED) is 0.798. The molecule has 2 heterocycles. The zero-order valence-corrected chi connectivity index (χ0v) is 10.9. The van der Waals surface area contributed by atoms with Crippen molar-refractivity contribution in [2.24, 2.45) is 0 Å². The van der Waals surface area contributed by atoms with E-state index in [1.165, 1.54) is 18.3 Å². The highest BCUT2D eigenvalue weighted by molar-refractivity contribution is 7.17. The number of aromatic nitrogens is 1. The van der Waals surface area contributed by atoms with E-state index in [0.717, 1.165) is 17.4 Å². The van der Waals surface area contributed by atoms with Crippen LogP contribution in [0.3, 0.4) is 0 Å². The van der Waals surface area contributed by atoms with E-state index in [9.17, 15) is 9.59 Å². The van der Waals surface area contributed by atoms with Crippen LogP contribution in [-0.2, 0) is 4.79 Å². The molecule has 1 aromatic heterocycles. The number of anilines is 1. The maximum atomic E-state index is 11.6. The lowest BCUT2D eigenvalue weighted by Crippen LogP contribution is -2.54. The van der Waals surface area contributed by atoms with Crippen LogP contribution < -0.4 is 10.2 Å². The van der Waals surface area contributed by atoms with E-state index in [-0.39, 0.29) is 17.7 Å². The van der Waals surface area contributed by atoms with Crippen molar-refractivity contribution in [2.75, 3.05) is 18.0 Å². The molecule has 1 atom stereocenters. The number of nitrogens with one attached hydrogen (secondary N) is 1. The number of aryl methyl sites for hydroxylation is 1. The van der Waals surface area contributed by atoms with Gasteiger partial charge in [-0.15, -0.1) is 0 Å². The average molecular weight is 253 g/mol. The lowest BCUT2D eigenvalue weighted by atomic mass is 10.2. The van der Waals surface area contributed by atoms with Crippen LogP contribution >= 0.6 is 11.3 Å². The third-order valence-electron chi connectivity index (χ3n) is 2.85. The van der Waals surface area contributed by atoms with Crippen molar-refractivity contribution in [1.29, 1.82) is 0 Å². The standard InChI is InChI=1S/C11H15N3O2S/c1-6-9(8(3)15)17-11(13-6)14-5-4-12-10(16)7(14)2/h7H,4-5H2,1-3H3,(H,12,16). The molecule has 17 heavy (non-hydrogen) atoms. The molecule has 6 heteroatoms. The lowest BCUT2D eigenvalue weighted by Gasteiger charge is -2.32. The first-order chi connectivity index (χ1) is 8.00. The molecule has 0 bridgehead atoms. The van der Waals surface area contributed by atoms with Gasteiger partial charge in [-0.05, 0) is 13.8 Å². The minimum absolute atomic E-state index is 0.00785. The highest BCUT2D eigenvalue weighted by atomic mass is 32.1. The monoisotopic (exact) mass is 253 g/mol. The highest BCUT2D eigenvalue weighted by Crippen LogP contribution is 2.28. The SMILES string of the molecule is CC(=O)c1sc(N2CCNC(=O)C2C)nc1C. The van der Waals surface area contributed by atoms with Crippen LogP contribution in [0.15, 0.2) is 0 Å². The molecule has 92 valence electrons. The first-order valence-electron chi connectivity index (χ1n) is 5.53. The number of rotatable bonds is 2. The molecule has 5 nitrogen and oxygen atoms in total. The van der Waals surface area contributed by atoms with Crippen molar-refractivity contribution in [1.82, 2.24) is 10.3 Å². The van der Waals surface area contributed by atoms with Crippen molar-refractivity contribution in [3.05, 3.63) is 10.6 Å². The molecule has 0 spiro atoms. The van der Waals surface area contributed by atoms with Crippen LogP contribution in [0.2, 0.25) is 0 Å². The van der Waals surface area contributed by atoms with E-state index in [1.807, 2.05) is 18.7 Å². The molecule has 0 radical (unpaired) electrons.